The number of aliphatic hydroxyl groups is 6. The molecule has 214 valence electrons. The first-order chi connectivity index (χ1) is 18.0. The van der Waals surface area contributed by atoms with E-state index in [0.29, 0.717) is 0 Å². The molecule has 38 heavy (non-hydrogen) atoms. The molecular formula is C22H32N2O14. The summed E-state index contributed by atoms with van der Waals surface area (Å²) in [5.41, 5.74) is 5.44. The number of hydrogen-bond acceptors (Lipinski definition) is 16. The van der Waals surface area contributed by atoms with E-state index in [1.165, 1.54) is 19.2 Å². The molecule has 2 saturated heterocycles. The van der Waals surface area contributed by atoms with Crippen LogP contribution in [0.1, 0.15) is 10.4 Å². The van der Waals surface area contributed by atoms with E-state index < -0.39 is 98.9 Å². The number of likely N-dealkylation sites (N-methyl/N-ethyl adjacent to an activating group) is 1. The van der Waals surface area contributed by atoms with Crippen LogP contribution in [-0.2, 0) is 28.5 Å². The fraction of sp³-hybridized carbons (Fsp3) is 0.636. The van der Waals surface area contributed by atoms with Crippen molar-refractivity contribution in [2.75, 3.05) is 32.8 Å². The molecule has 10 atom stereocenters. The third-order valence-corrected chi connectivity index (χ3v) is 6.30. The fourth-order valence-electron chi connectivity index (χ4n) is 4.16. The van der Waals surface area contributed by atoms with Gasteiger partial charge in [-0.15, -0.1) is 0 Å². The molecular weight excluding hydrogens is 516 g/mol. The number of aromatic hydroxyl groups is 1. The molecule has 2 fully saturated rings. The highest BCUT2D eigenvalue weighted by Gasteiger charge is 2.50. The number of rotatable bonds is 9. The van der Waals surface area contributed by atoms with Crippen molar-refractivity contribution in [3.05, 3.63) is 23.8 Å². The summed E-state index contributed by atoms with van der Waals surface area (Å²) in [7, 11) is 1.48. The Kier molecular flexibility index (Phi) is 10.2. The van der Waals surface area contributed by atoms with Gasteiger partial charge in [-0.05, 0) is 25.2 Å². The van der Waals surface area contributed by atoms with E-state index in [1.54, 1.807) is 0 Å². The summed E-state index contributed by atoms with van der Waals surface area (Å²) < 4.78 is 25.4. The average Bonchev–Trinajstić information content (AvgIpc) is 2.89. The Bertz CT molecular complexity index is 966. The van der Waals surface area contributed by atoms with E-state index in [0.717, 1.165) is 6.07 Å². The van der Waals surface area contributed by atoms with Crippen molar-refractivity contribution < 1.29 is 69.0 Å². The van der Waals surface area contributed by atoms with Crippen molar-refractivity contribution in [2.24, 2.45) is 5.92 Å². The van der Waals surface area contributed by atoms with Crippen molar-refractivity contribution in [1.29, 1.82) is 0 Å². The molecule has 2 aliphatic heterocycles. The normalized spacial score (nSPS) is 35.4. The molecule has 4 unspecified atom stereocenters. The summed E-state index contributed by atoms with van der Waals surface area (Å²) >= 11 is 0. The number of ether oxygens (including phenoxy) is 5. The van der Waals surface area contributed by atoms with E-state index >= 15 is 0 Å². The van der Waals surface area contributed by atoms with Gasteiger partial charge in [0, 0.05) is 11.6 Å². The van der Waals surface area contributed by atoms with Crippen molar-refractivity contribution in [3.8, 4) is 5.75 Å². The molecule has 1 aromatic rings. The second kappa shape index (κ2) is 12.9. The Morgan fingerprint density at radius 3 is 2.39 bits per heavy atom. The van der Waals surface area contributed by atoms with Crippen molar-refractivity contribution in [2.45, 2.75) is 55.2 Å². The number of anilines is 1. The number of benzene rings is 1. The quantitative estimate of drug-likeness (QED) is 0.0612. The number of carbonyl (C=O) groups excluding carboxylic acids is 2. The number of phenols is 1. The van der Waals surface area contributed by atoms with Crippen LogP contribution in [0.2, 0.25) is 0 Å². The van der Waals surface area contributed by atoms with Gasteiger partial charge in [-0.3, -0.25) is 0 Å². The predicted molar refractivity (Wildman–Crippen MR) is 122 cm³/mol. The number of hydrogen-bond donors (Lipinski definition) is 9. The number of esters is 2. The highest BCUT2D eigenvalue weighted by molar-refractivity contribution is 5.93. The zero-order valence-corrected chi connectivity index (χ0v) is 20.2. The average molecular weight is 548 g/mol. The van der Waals surface area contributed by atoms with Crippen LogP contribution in [0, 0.1) is 5.92 Å². The van der Waals surface area contributed by atoms with Gasteiger partial charge >= 0.3 is 11.9 Å². The van der Waals surface area contributed by atoms with Crippen molar-refractivity contribution in [3.63, 3.8) is 0 Å². The van der Waals surface area contributed by atoms with Crippen LogP contribution in [-0.4, -0.2) is 130 Å². The summed E-state index contributed by atoms with van der Waals surface area (Å²) in [6.45, 7) is -1.97. The molecule has 0 bridgehead atoms. The Balaban J connectivity index is 1.60. The summed E-state index contributed by atoms with van der Waals surface area (Å²) in [4.78, 5) is 24.6. The van der Waals surface area contributed by atoms with Gasteiger partial charge in [-0.25, -0.2) is 9.59 Å². The molecule has 0 aliphatic carbocycles. The van der Waals surface area contributed by atoms with E-state index in [-0.39, 0.29) is 11.3 Å². The molecule has 3 rings (SSSR count). The maximum atomic E-state index is 12.5. The number of nitrogens with two attached hydrogens (primary N) is 1. The summed E-state index contributed by atoms with van der Waals surface area (Å²) in [5, 5.41) is 73.2. The van der Waals surface area contributed by atoms with Gasteiger partial charge in [0.2, 0.25) is 6.79 Å². The minimum atomic E-state index is -1.95. The first-order valence-corrected chi connectivity index (χ1v) is 11.5. The van der Waals surface area contributed by atoms with Gasteiger partial charge in [0.1, 0.15) is 35.7 Å². The maximum absolute atomic E-state index is 12.5. The Hall–Kier alpha value is -2.64. The van der Waals surface area contributed by atoms with Gasteiger partial charge in [0.15, 0.2) is 18.7 Å². The molecule has 0 radical (unpaired) electrons. The SMILES string of the molecule is CNC1[C@H](O)OC(CO)[C@@H](O)[C@H]1CO[C@@H]1OC(C(=O)OCOC(=O)c2cc(N)ccc2O)[C@@H](O)[C@@H](O)C1O. The molecule has 16 nitrogen and oxygen atoms in total. The highest BCUT2D eigenvalue weighted by Crippen LogP contribution is 2.28. The van der Waals surface area contributed by atoms with Crippen molar-refractivity contribution >= 4 is 17.6 Å². The summed E-state index contributed by atoms with van der Waals surface area (Å²) in [5.74, 6) is -3.67. The van der Waals surface area contributed by atoms with E-state index in [4.69, 9.17) is 29.4 Å². The number of nitrogen functional groups attached to an aromatic ring is 1. The Morgan fingerprint density at radius 2 is 1.74 bits per heavy atom. The van der Waals surface area contributed by atoms with E-state index in [9.17, 15) is 45.3 Å². The van der Waals surface area contributed by atoms with Crippen molar-refractivity contribution in [1.82, 2.24) is 5.32 Å². The second-order valence-electron chi connectivity index (χ2n) is 8.74. The van der Waals surface area contributed by atoms with Crippen LogP contribution in [0.3, 0.4) is 0 Å². The smallest absolute Gasteiger partial charge is 0.344 e. The lowest BCUT2D eigenvalue weighted by Crippen LogP contribution is -2.63. The van der Waals surface area contributed by atoms with Gasteiger partial charge < -0.3 is 70.5 Å². The number of nitrogens with one attached hydrogen (secondary N) is 1. The van der Waals surface area contributed by atoms with Gasteiger partial charge in [-0.1, -0.05) is 0 Å². The fourth-order valence-corrected chi connectivity index (χ4v) is 4.16. The monoisotopic (exact) mass is 548 g/mol. The molecule has 1 aromatic carbocycles. The standard InChI is InChI=1S/C22H32N2O14/c1-24-13-10(14(27)12(5-25)37-20(13)32)6-34-22-17(30)15(28)16(29)18(38-22)21(33)36-7-35-19(31)9-4-8(23)2-3-11(9)26/h2-4,10,12-18,20,22,24-30,32H,5-7,23H2,1H3/t10-,12?,13?,14-,15+,16-,17?,18?,20+,22+/m0/s1. The Labute approximate surface area is 216 Å². The number of carbonyl (C=O) groups is 2. The lowest BCUT2D eigenvalue weighted by molar-refractivity contribution is -0.307. The second-order valence-corrected chi connectivity index (χ2v) is 8.74. The lowest BCUT2D eigenvalue weighted by atomic mass is 9.88. The summed E-state index contributed by atoms with van der Waals surface area (Å²) in [6, 6.07) is 2.79. The zero-order chi connectivity index (χ0) is 28.1. The first kappa shape index (κ1) is 29.9. The van der Waals surface area contributed by atoms with Gasteiger partial charge in [0.05, 0.1) is 25.4 Å². The number of phenolic OH excluding ortho intramolecular Hbond substituents is 1. The Morgan fingerprint density at radius 1 is 1.03 bits per heavy atom. The van der Waals surface area contributed by atoms with Crippen LogP contribution in [0.4, 0.5) is 5.69 Å². The third kappa shape index (κ3) is 6.49. The minimum absolute atomic E-state index is 0.166. The molecule has 0 amide bonds. The van der Waals surface area contributed by atoms with Crippen LogP contribution >= 0.6 is 0 Å². The topological polar surface area (TPSA) is 260 Å². The highest BCUT2D eigenvalue weighted by atomic mass is 16.7. The van der Waals surface area contributed by atoms with E-state index in [2.05, 4.69) is 5.32 Å². The van der Waals surface area contributed by atoms with Gasteiger partial charge in [0.25, 0.3) is 0 Å². The van der Waals surface area contributed by atoms with Crippen LogP contribution in [0.5, 0.6) is 5.75 Å². The largest absolute Gasteiger partial charge is 0.507 e. The van der Waals surface area contributed by atoms with Crippen LogP contribution in [0.25, 0.3) is 0 Å². The summed E-state index contributed by atoms with van der Waals surface area (Å²) in [6.07, 6.45) is -13.2. The third-order valence-electron chi connectivity index (χ3n) is 6.30. The molecule has 16 heteroatoms. The lowest BCUT2D eigenvalue weighted by Gasteiger charge is -2.44. The zero-order valence-electron chi connectivity index (χ0n) is 20.2. The minimum Gasteiger partial charge on any atom is -0.507 e. The van der Waals surface area contributed by atoms with E-state index in [1.807, 2.05) is 0 Å². The molecule has 0 spiro atoms. The van der Waals surface area contributed by atoms with Crippen LogP contribution < -0.4 is 11.1 Å². The molecule has 2 aliphatic rings. The molecule has 2 heterocycles. The van der Waals surface area contributed by atoms with Gasteiger partial charge in [-0.2, -0.15) is 0 Å². The number of aliphatic hydroxyl groups excluding tert-OH is 6. The van der Waals surface area contributed by atoms with Crippen LogP contribution in [0.15, 0.2) is 18.2 Å². The first-order valence-electron chi connectivity index (χ1n) is 11.5. The molecule has 10 N–H and O–H groups in total. The maximum Gasteiger partial charge on any atom is 0.344 e. The molecule has 0 saturated carbocycles. The predicted octanol–water partition coefficient (Wildman–Crippen LogP) is -4.27. The molecule has 0 aromatic heterocycles.